The summed E-state index contributed by atoms with van der Waals surface area (Å²) in [7, 11) is 0. The molecule has 1 aromatic rings. The van der Waals surface area contributed by atoms with Crippen molar-refractivity contribution < 1.29 is 22.0 Å². The molecule has 2 aliphatic rings. The molecule has 2 fully saturated rings. The van der Waals surface area contributed by atoms with Gasteiger partial charge in [-0.05, 0) is 39.0 Å². The zero-order valence-corrected chi connectivity index (χ0v) is 18.1. The van der Waals surface area contributed by atoms with Gasteiger partial charge in [-0.3, -0.25) is 0 Å². The van der Waals surface area contributed by atoms with Gasteiger partial charge in [-0.1, -0.05) is 58.1 Å². The number of benzene rings is 1. The second kappa shape index (κ2) is 7.29. The van der Waals surface area contributed by atoms with Gasteiger partial charge in [0.25, 0.3) is 0 Å². The third-order valence-corrected chi connectivity index (χ3v) is 19.1. The quantitative estimate of drug-likeness (QED) is 0.148. The summed E-state index contributed by atoms with van der Waals surface area (Å²) in [6, 6.07) is 0. The maximum absolute atomic E-state index is 14.1. The van der Waals surface area contributed by atoms with Crippen molar-refractivity contribution in [1.29, 1.82) is 0 Å². The van der Waals surface area contributed by atoms with Crippen LogP contribution in [-0.2, 0) is 11.8 Å². The monoisotopic (exact) mass is 462 g/mol. The van der Waals surface area contributed by atoms with Gasteiger partial charge in [0.1, 0.15) is 3.64 Å². The second-order valence-corrected chi connectivity index (χ2v) is 22.6. The Morgan fingerprint density at radius 3 is 2.23 bits per heavy atom. The van der Waals surface area contributed by atoms with E-state index in [-0.39, 0.29) is 10.00 Å². The molecule has 3 rings (SSSR count). The van der Waals surface area contributed by atoms with Crippen LogP contribution in [0.4, 0.5) is 22.0 Å². The third-order valence-electron chi connectivity index (χ3n) is 4.82. The van der Waals surface area contributed by atoms with Crippen LogP contribution in [0.3, 0.4) is 0 Å². The van der Waals surface area contributed by atoms with Gasteiger partial charge in [-0.15, -0.1) is 0 Å². The number of hydrogen-bond acceptors (Lipinski definition) is 4. The second-order valence-electron chi connectivity index (χ2n) is 6.75. The highest BCUT2D eigenvalue weighted by atomic mass is 33.5. The standard InChI is InChI=1S/C16H16F5PS4/c1-7(2)8-4-5-16(3)9(6-8)24-22(23,26-16)25-15-13(20)11(18)10(17)12(19)14(15)21/h8-9H,1,4-6H2,2-3H3/t8-,9+,16+,22+/m1/s1. The van der Waals surface area contributed by atoms with Gasteiger partial charge in [-0.2, -0.15) is 0 Å². The Balaban J connectivity index is 1.91. The van der Waals surface area contributed by atoms with E-state index in [4.69, 9.17) is 11.8 Å². The molecule has 0 bridgehead atoms. The first-order valence-corrected chi connectivity index (χ1v) is 15.0. The molecule has 0 amide bonds. The van der Waals surface area contributed by atoms with Gasteiger partial charge in [0.2, 0.25) is 5.82 Å². The molecule has 1 heterocycles. The van der Waals surface area contributed by atoms with Crippen molar-refractivity contribution in [2.75, 3.05) is 0 Å². The first-order chi connectivity index (χ1) is 12.0. The van der Waals surface area contributed by atoms with E-state index in [1.165, 1.54) is 22.8 Å². The van der Waals surface area contributed by atoms with Crippen LogP contribution in [0.1, 0.15) is 33.1 Å². The molecular formula is C16H16F5PS4. The van der Waals surface area contributed by atoms with Crippen molar-refractivity contribution in [2.24, 2.45) is 5.92 Å². The molecule has 1 aromatic carbocycles. The van der Waals surface area contributed by atoms with Crippen molar-refractivity contribution in [3.8, 4) is 0 Å². The van der Waals surface area contributed by atoms with E-state index in [0.29, 0.717) is 17.3 Å². The topological polar surface area (TPSA) is 0 Å². The zero-order valence-electron chi connectivity index (χ0n) is 14.0. The fraction of sp³-hybridized carbons (Fsp3) is 0.500. The molecule has 144 valence electrons. The van der Waals surface area contributed by atoms with E-state index < -0.39 is 37.6 Å². The van der Waals surface area contributed by atoms with E-state index in [9.17, 15) is 22.0 Å². The number of halogens is 5. The van der Waals surface area contributed by atoms with E-state index in [0.717, 1.165) is 24.8 Å². The SMILES string of the molecule is C=C(C)[C@@H]1CC[C@]2(C)S[P@](=S)(Sc3c(F)c(F)c(F)c(F)c3F)S[C@H]2C1. The summed E-state index contributed by atoms with van der Waals surface area (Å²) in [5, 5.41) is 0.183. The predicted molar refractivity (Wildman–Crippen MR) is 106 cm³/mol. The van der Waals surface area contributed by atoms with Crippen LogP contribution in [0, 0.1) is 35.0 Å². The fourth-order valence-corrected chi connectivity index (χ4v) is 22.6. The number of rotatable bonds is 3. The average Bonchev–Trinajstić information content (AvgIpc) is 2.84. The highest BCUT2D eigenvalue weighted by molar-refractivity contribution is 9.24. The van der Waals surface area contributed by atoms with Gasteiger partial charge in [0.15, 0.2) is 23.3 Å². The molecule has 1 saturated carbocycles. The van der Waals surface area contributed by atoms with Crippen molar-refractivity contribution in [3.63, 3.8) is 0 Å². The molecule has 1 aliphatic heterocycles. The minimum absolute atomic E-state index is 0.150. The Bertz CT molecular complexity index is 800. The molecule has 0 N–H and O–H groups in total. The first kappa shape index (κ1) is 21.0. The lowest BCUT2D eigenvalue weighted by molar-refractivity contribution is 0.361. The Morgan fingerprint density at radius 1 is 1.15 bits per heavy atom. The molecule has 0 radical (unpaired) electrons. The van der Waals surface area contributed by atoms with Crippen LogP contribution in [0.25, 0.3) is 0 Å². The normalized spacial score (nSPS) is 34.0. The van der Waals surface area contributed by atoms with Crippen LogP contribution >= 0.6 is 37.8 Å². The summed E-state index contributed by atoms with van der Waals surface area (Å²) < 4.78 is 65.7. The Kier molecular flexibility index (Phi) is 5.89. The number of fused-ring (bicyclic) bond motifs is 1. The van der Waals surface area contributed by atoms with Gasteiger partial charge in [0.05, 0.1) is 4.90 Å². The summed E-state index contributed by atoms with van der Waals surface area (Å²) in [6.07, 6.45) is 2.74. The third kappa shape index (κ3) is 3.63. The van der Waals surface area contributed by atoms with Crippen molar-refractivity contribution in [3.05, 3.63) is 41.2 Å². The van der Waals surface area contributed by atoms with Crippen molar-refractivity contribution in [2.45, 2.75) is 48.0 Å². The van der Waals surface area contributed by atoms with Crippen LogP contribution in [0.2, 0.25) is 0 Å². The predicted octanol–water partition coefficient (Wildman–Crippen LogP) is 7.68. The lowest BCUT2D eigenvalue weighted by atomic mass is 9.79. The molecule has 0 nitrogen and oxygen atoms in total. The minimum atomic E-state index is -2.51. The molecule has 4 atom stereocenters. The first-order valence-electron chi connectivity index (χ1n) is 7.83. The number of allylic oxidation sites excluding steroid dienone is 1. The molecular weight excluding hydrogens is 446 g/mol. The summed E-state index contributed by atoms with van der Waals surface area (Å²) in [4.78, 5) is -0.858. The molecule has 26 heavy (non-hydrogen) atoms. The largest absolute Gasteiger partial charge is 0.202 e. The highest BCUT2D eigenvalue weighted by Crippen LogP contribution is 2.90. The lowest BCUT2D eigenvalue weighted by Gasteiger charge is -2.38. The summed E-state index contributed by atoms with van der Waals surface area (Å²) in [6.45, 7) is 8.08. The zero-order chi connectivity index (χ0) is 19.4. The van der Waals surface area contributed by atoms with E-state index in [1.54, 1.807) is 0 Å². The summed E-state index contributed by atoms with van der Waals surface area (Å²) in [5.41, 5.74) is 1.10. The van der Waals surface area contributed by atoms with Crippen LogP contribution < -0.4 is 0 Å². The van der Waals surface area contributed by atoms with Gasteiger partial charge < -0.3 is 0 Å². The average molecular weight is 463 g/mol. The molecule has 0 spiro atoms. The van der Waals surface area contributed by atoms with E-state index in [2.05, 4.69) is 13.5 Å². The van der Waals surface area contributed by atoms with Crippen LogP contribution in [-0.4, -0.2) is 10.00 Å². The highest BCUT2D eigenvalue weighted by Gasteiger charge is 2.52. The molecule has 1 saturated heterocycles. The molecule has 10 heteroatoms. The smallest absolute Gasteiger partial charge is 0.200 e. The van der Waals surface area contributed by atoms with Crippen LogP contribution in [0.15, 0.2) is 17.0 Å². The van der Waals surface area contributed by atoms with Gasteiger partial charge in [0, 0.05) is 10.00 Å². The van der Waals surface area contributed by atoms with E-state index in [1.807, 2.05) is 6.92 Å². The van der Waals surface area contributed by atoms with Gasteiger partial charge in [-0.25, -0.2) is 22.0 Å². The number of hydrogen-bond donors (Lipinski definition) is 0. The summed E-state index contributed by atoms with van der Waals surface area (Å²) in [5.74, 6) is -9.20. The Morgan fingerprint density at radius 2 is 1.69 bits per heavy atom. The van der Waals surface area contributed by atoms with Crippen LogP contribution in [0.5, 0.6) is 0 Å². The Hall–Kier alpha value is 0.310. The van der Waals surface area contributed by atoms with Gasteiger partial charge >= 0.3 is 0 Å². The fourth-order valence-electron chi connectivity index (χ4n) is 3.20. The Labute approximate surface area is 166 Å². The molecule has 0 unspecified atom stereocenters. The van der Waals surface area contributed by atoms with Crippen molar-refractivity contribution in [1.82, 2.24) is 0 Å². The van der Waals surface area contributed by atoms with E-state index >= 15 is 0 Å². The lowest BCUT2D eigenvalue weighted by Crippen LogP contribution is -2.36. The summed E-state index contributed by atoms with van der Waals surface area (Å²) >= 11 is 9.31. The maximum atomic E-state index is 14.1. The molecule has 1 aliphatic carbocycles. The van der Waals surface area contributed by atoms with Crippen molar-refractivity contribution >= 4 is 49.6 Å². The maximum Gasteiger partial charge on any atom is 0.200 e. The molecule has 0 aromatic heterocycles. The minimum Gasteiger partial charge on any atom is -0.202 e.